The van der Waals surface area contributed by atoms with E-state index in [4.69, 9.17) is 14.2 Å². The van der Waals surface area contributed by atoms with Crippen LogP contribution < -0.4 is 19.1 Å². The van der Waals surface area contributed by atoms with Crippen molar-refractivity contribution < 1.29 is 27.4 Å². The number of ether oxygens (including phenoxy) is 3. The van der Waals surface area contributed by atoms with Crippen molar-refractivity contribution in [3.63, 3.8) is 0 Å². The van der Waals surface area contributed by atoms with Gasteiger partial charge in [-0.3, -0.25) is 4.79 Å². The Hall–Kier alpha value is -2.72. The summed E-state index contributed by atoms with van der Waals surface area (Å²) in [5.74, 6) is 1.32. The number of amides is 1. The number of aliphatic imine (C=N–C) groups is 1. The van der Waals surface area contributed by atoms with Gasteiger partial charge in [0.05, 0.1) is 30.3 Å². The number of hydrogen-bond donors (Lipinski definition) is 0. The van der Waals surface area contributed by atoms with Crippen LogP contribution in [0.4, 0.5) is 5.69 Å². The second-order valence-corrected chi connectivity index (χ2v) is 10.5. The maximum Gasteiger partial charge on any atom is 0.279 e. The molecule has 0 spiro atoms. The van der Waals surface area contributed by atoms with E-state index in [0.717, 1.165) is 0 Å². The van der Waals surface area contributed by atoms with E-state index >= 15 is 0 Å². The summed E-state index contributed by atoms with van der Waals surface area (Å²) in [7, 11) is -1.60. The second kappa shape index (κ2) is 7.21. The van der Waals surface area contributed by atoms with Crippen LogP contribution in [0.15, 0.2) is 47.5 Å². The molecule has 1 amide bonds. The first kappa shape index (κ1) is 19.3. The lowest BCUT2D eigenvalue weighted by Gasteiger charge is -2.26. The number of carbonyl (C=O) groups excluding carboxylic acids is 1. The normalized spacial score (nSPS) is 24.8. The van der Waals surface area contributed by atoms with E-state index in [9.17, 15) is 13.2 Å². The Balaban J connectivity index is 1.53. The molecule has 30 heavy (non-hydrogen) atoms. The van der Waals surface area contributed by atoms with Crippen molar-refractivity contribution >= 4 is 38.4 Å². The lowest BCUT2D eigenvalue weighted by molar-refractivity contribution is 0.100. The highest BCUT2D eigenvalue weighted by Gasteiger charge is 2.50. The fraction of sp³-hybridized carbons (Fsp3) is 0.300. The van der Waals surface area contributed by atoms with Crippen molar-refractivity contribution in [3.05, 3.63) is 48.0 Å². The zero-order valence-corrected chi connectivity index (χ0v) is 17.6. The zero-order chi connectivity index (χ0) is 20.9. The molecule has 2 fully saturated rings. The summed E-state index contributed by atoms with van der Waals surface area (Å²) in [6, 6.07) is 11.9. The Morgan fingerprint density at radius 2 is 1.97 bits per heavy atom. The zero-order valence-electron chi connectivity index (χ0n) is 16.0. The molecule has 0 aliphatic carbocycles. The van der Waals surface area contributed by atoms with E-state index in [2.05, 4.69) is 4.99 Å². The Morgan fingerprint density at radius 1 is 1.17 bits per heavy atom. The number of anilines is 1. The number of methoxy groups -OCH3 is 1. The van der Waals surface area contributed by atoms with Crippen molar-refractivity contribution in [2.24, 2.45) is 4.99 Å². The van der Waals surface area contributed by atoms with Gasteiger partial charge in [-0.05, 0) is 30.3 Å². The third kappa shape index (κ3) is 3.29. The molecule has 2 saturated heterocycles. The van der Waals surface area contributed by atoms with Gasteiger partial charge in [-0.15, -0.1) is 0 Å². The molecule has 2 aromatic rings. The Kier molecular flexibility index (Phi) is 4.62. The summed E-state index contributed by atoms with van der Waals surface area (Å²) >= 11 is 1.32. The van der Waals surface area contributed by atoms with Gasteiger partial charge in [0.25, 0.3) is 5.91 Å². The first-order chi connectivity index (χ1) is 14.4. The van der Waals surface area contributed by atoms with Crippen LogP contribution in [-0.4, -0.2) is 56.2 Å². The Labute approximate surface area is 177 Å². The van der Waals surface area contributed by atoms with Crippen LogP contribution in [0.5, 0.6) is 17.2 Å². The van der Waals surface area contributed by atoms with Gasteiger partial charge < -0.3 is 19.1 Å². The van der Waals surface area contributed by atoms with Gasteiger partial charge in [-0.2, -0.15) is 4.99 Å². The van der Waals surface area contributed by atoms with E-state index in [1.54, 1.807) is 31.4 Å². The fourth-order valence-electron chi connectivity index (χ4n) is 3.86. The Morgan fingerprint density at radius 3 is 2.80 bits per heavy atom. The highest BCUT2D eigenvalue weighted by Crippen LogP contribution is 2.44. The van der Waals surface area contributed by atoms with Crippen molar-refractivity contribution in [3.8, 4) is 17.2 Å². The number of hydrogen-bond acceptors (Lipinski definition) is 7. The second-order valence-electron chi connectivity index (χ2n) is 7.11. The number of amidine groups is 1. The summed E-state index contributed by atoms with van der Waals surface area (Å²) < 4.78 is 40.6. The van der Waals surface area contributed by atoms with Crippen LogP contribution in [0, 0.1) is 0 Å². The summed E-state index contributed by atoms with van der Waals surface area (Å²) in [4.78, 5) is 19.1. The summed E-state index contributed by atoms with van der Waals surface area (Å²) in [5, 5.41) is 0.273. The first-order valence-corrected chi connectivity index (χ1v) is 12.0. The molecule has 2 unspecified atom stereocenters. The number of rotatable bonds is 3. The quantitative estimate of drug-likeness (QED) is 0.709. The van der Waals surface area contributed by atoms with E-state index in [1.807, 2.05) is 23.1 Å². The van der Waals surface area contributed by atoms with Gasteiger partial charge >= 0.3 is 0 Å². The molecule has 8 nitrogen and oxygen atoms in total. The molecule has 3 heterocycles. The topological polar surface area (TPSA) is 94.5 Å². The number of sulfone groups is 1. The van der Waals surface area contributed by atoms with Crippen LogP contribution in [0.2, 0.25) is 0 Å². The molecule has 0 bridgehead atoms. The molecule has 2 aromatic carbocycles. The third-order valence-electron chi connectivity index (χ3n) is 5.23. The smallest absolute Gasteiger partial charge is 0.279 e. The minimum atomic E-state index is -3.15. The van der Waals surface area contributed by atoms with Crippen LogP contribution in [0.1, 0.15) is 10.4 Å². The average Bonchev–Trinajstić information content (AvgIpc) is 3.39. The van der Waals surface area contributed by atoms with E-state index in [-0.39, 0.29) is 29.6 Å². The minimum Gasteiger partial charge on any atom is -0.495 e. The number of carbonyl (C=O) groups is 1. The van der Waals surface area contributed by atoms with Crippen LogP contribution in [0.3, 0.4) is 0 Å². The van der Waals surface area contributed by atoms with Crippen LogP contribution in [0.25, 0.3) is 0 Å². The average molecular weight is 447 g/mol. The highest BCUT2D eigenvalue weighted by atomic mass is 32.2. The van der Waals surface area contributed by atoms with E-state index < -0.39 is 15.7 Å². The van der Waals surface area contributed by atoms with E-state index in [1.165, 1.54) is 11.8 Å². The molecule has 3 aliphatic heterocycles. The van der Waals surface area contributed by atoms with Gasteiger partial charge in [0.2, 0.25) is 6.79 Å². The highest BCUT2D eigenvalue weighted by molar-refractivity contribution is 8.16. The monoisotopic (exact) mass is 446 g/mol. The molecule has 156 valence electrons. The van der Waals surface area contributed by atoms with Gasteiger partial charge in [0.1, 0.15) is 5.75 Å². The fourth-order valence-corrected chi connectivity index (χ4v) is 7.76. The first-order valence-electron chi connectivity index (χ1n) is 9.27. The molecule has 3 aliphatic rings. The number of thioether (sulfide) groups is 1. The lowest BCUT2D eigenvalue weighted by Crippen LogP contribution is -2.38. The molecule has 0 N–H and O–H groups in total. The number of benzene rings is 2. The standard InChI is InChI=1S/C20H18N2O6S2/c1-26-15-5-3-2-4-13(15)22-14-9-30(24,25)10-18(14)29-20(22)21-19(23)12-6-7-16-17(8-12)28-11-27-16/h2-8,14,18H,9-11H2,1H3. The molecule has 2 atom stereocenters. The van der Waals surface area contributed by atoms with Gasteiger partial charge in [-0.1, -0.05) is 23.9 Å². The minimum absolute atomic E-state index is 0.0138. The molecule has 0 saturated carbocycles. The van der Waals surface area contributed by atoms with Crippen molar-refractivity contribution in [1.82, 2.24) is 0 Å². The predicted molar refractivity (Wildman–Crippen MR) is 114 cm³/mol. The van der Waals surface area contributed by atoms with Crippen molar-refractivity contribution in [1.29, 1.82) is 0 Å². The number of fused-ring (bicyclic) bond motifs is 2. The predicted octanol–water partition coefficient (Wildman–Crippen LogP) is 2.34. The van der Waals surface area contributed by atoms with Gasteiger partial charge in [0.15, 0.2) is 26.5 Å². The maximum absolute atomic E-state index is 12.9. The lowest BCUT2D eigenvalue weighted by atomic mass is 10.2. The molecule has 0 aromatic heterocycles. The molecule has 0 radical (unpaired) electrons. The number of nitrogens with zero attached hydrogens (tertiary/aromatic N) is 2. The molecular formula is C20H18N2O6S2. The largest absolute Gasteiger partial charge is 0.495 e. The van der Waals surface area contributed by atoms with Crippen molar-refractivity contribution in [2.45, 2.75) is 11.3 Å². The summed E-state index contributed by atoms with van der Waals surface area (Å²) in [5.41, 5.74) is 1.06. The number of para-hydroxylation sites is 2. The van der Waals surface area contributed by atoms with Gasteiger partial charge in [-0.25, -0.2) is 8.42 Å². The van der Waals surface area contributed by atoms with Crippen LogP contribution >= 0.6 is 11.8 Å². The maximum atomic E-state index is 12.9. The Bertz CT molecular complexity index is 1160. The van der Waals surface area contributed by atoms with Crippen LogP contribution in [-0.2, 0) is 9.84 Å². The van der Waals surface area contributed by atoms with E-state index in [0.29, 0.717) is 33.7 Å². The van der Waals surface area contributed by atoms with Gasteiger partial charge in [0, 0.05) is 10.8 Å². The SMILES string of the molecule is COc1ccccc1N1C(=NC(=O)c2ccc3c(c2)OCO3)SC2CS(=O)(=O)CC21. The third-order valence-corrected chi connectivity index (χ3v) is 8.44. The molecule has 5 rings (SSSR count). The summed E-state index contributed by atoms with van der Waals surface area (Å²) in [6.45, 7) is 0.122. The summed E-state index contributed by atoms with van der Waals surface area (Å²) in [6.07, 6.45) is 0. The molecular weight excluding hydrogens is 428 g/mol. The molecule has 10 heteroatoms. The van der Waals surface area contributed by atoms with Crippen molar-refractivity contribution in [2.75, 3.05) is 30.3 Å².